The van der Waals surface area contributed by atoms with Crippen molar-refractivity contribution in [3.05, 3.63) is 48.3 Å². The molecule has 2 heterocycles. The zero-order chi connectivity index (χ0) is 20.1. The molecule has 0 saturated heterocycles. The smallest absolute Gasteiger partial charge is 0.318 e. The second-order valence-corrected chi connectivity index (χ2v) is 8.93. The van der Waals surface area contributed by atoms with Crippen LogP contribution in [0, 0.1) is 0 Å². The molecule has 0 fully saturated rings. The van der Waals surface area contributed by atoms with Gasteiger partial charge in [-0.3, -0.25) is 4.79 Å². The van der Waals surface area contributed by atoms with E-state index in [2.05, 4.69) is 20.0 Å². The van der Waals surface area contributed by atoms with Crippen LogP contribution in [0.3, 0.4) is 0 Å². The number of sulfonamides is 1. The Labute approximate surface area is 166 Å². The number of benzene rings is 1. The monoisotopic (exact) mass is 421 g/mol. The lowest BCUT2D eigenvalue weighted by molar-refractivity contribution is -0.139. The van der Waals surface area contributed by atoms with Crippen LogP contribution in [-0.2, 0) is 26.0 Å². The minimum atomic E-state index is -3.59. The van der Waals surface area contributed by atoms with Crippen molar-refractivity contribution in [2.75, 3.05) is 13.7 Å². The highest BCUT2D eigenvalue weighted by molar-refractivity contribution is 8.00. The number of carbonyl (C=O) groups is 1. The molecule has 0 saturated carbocycles. The number of esters is 1. The van der Waals surface area contributed by atoms with E-state index < -0.39 is 15.3 Å². The van der Waals surface area contributed by atoms with E-state index >= 15 is 0 Å². The summed E-state index contributed by atoms with van der Waals surface area (Å²) in [7, 11) is -2.25. The number of nitrogens with zero attached hydrogens (tertiary/aromatic N) is 4. The van der Waals surface area contributed by atoms with Crippen molar-refractivity contribution in [2.24, 2.45) is 0 Å². The molecule has 0 amide bonds. The van der Waals surface area contributed by atoms with E-state index in [4.69, 9.17) is 4.74 Å². The van der Waals surface area contributed by atoms with E-state index in [9.17, 15) is 13.2 Å². The molecule has 0 unspecified atom stereocenters. The van der Waals surface area contributed by atoms with E-state index in [1.54, 1.807) is 41.8 Å². The van der Waals surface area contributed by atoms with Crippen LogP contribution in [-0.4, -0.2) is 53.1 Å². The second kappa shape index (κ2) is 8.67. The Morgan fingerprint density at radius 1 is 1.21 bits per heavy atom. The summed E-state index contributed by atoms with van der Waals surface area (Å²) in [6, 6.07) is 11.6. The van der Waals surface area contributed by atoms with E-state index in [0.29, 0.717) is 22.9 Å². The summed E-state index contributed by atoms with van der Waals surface area (Å²) >= 11 is 1.26. The van der Waals surface area contributed by atoms with Gasteiger partial charge in [-0.15, -0.1) is 10.2 Å². The Bertz CT molecular complexity index is 1070. The molecule has 1 atom stereocenters. The zero-order valence-corrected chi connectivity index (χ0v) is 16.9. The molecule has 1 aromatic carbocycles. The fourth-order valence-corrected chi connectivity index (χ4v) is 4.29. The van der Waals surface area contributed by atoms with Crippen molar-refractivity contribution in [2.45, 2.75) is 28.5 Å². The lowest BCUT2D eigenvalue weighted by Crippen LogP contribution is -2.26. The van der Waals surface area contributed by atoms with Gasteiger partial charge in [-0.2, -0.15) is 9.61 Å². The third kappa shape index (κ3) is 4.66. The number of fused-ring (bicyclic) bond motifs is 1. The van der Waals surface area contributed by atoms with Gasteiger partial charge in [0.05, 0.1) is 12.0 Å². The molecule has 3 rings (SSSR count). The van der Waals surface area contributed by atoms with Crippen LogP contribution in [0.5, 0.6) is 0 Å². The van der Waals surface area contributed by atoms with Crippen LogP contribution >= 0.6 is 11.8 Å². The lowest BCUT2D eigenvalue weighted by Gasteiger charge is -2.08. The molecule has 0 spiro atoms. The fourth-order valence-electron chi connectivity index (χ4n) is 2.41. The van der Waals surface area contributed by atoms with Crippen molar-refractivity contribution in [3.63, 3.8) is 0 Å². The van der Waals surface area contributed by atoms with Crippen LogP contribution in [0.1, 0.15) is 12.7 Å². The molecule has 2 aromatic heterocycles. The molecule has 148 valence electrons. The van der Waals surface area contributed by atoms with Crippen LogP contribution in [0.15, 0.2) is 52.4 Å². The Morgan fingerprint density at radius 2 is 1.96 bits per heavy atom. The van der Waals surface area contributed by atoms with E-state index in [0.717, 1.165) is 0 Å². The van der Waals surface area contributed by atoms with Crippen LogP contribution in [0.25, 0.3) is 5.65 Å². The largest absolute Gasteiger partial charge is 0.468 e. The predicted octanol–water partition coefficient (Wildman–Crippen LogP) is 1.30. The molecule has 0 radical (unpaired) electrons. The second-order valence-electron chi connectivity index (χ2n) is 5.80. The van der Waals surface area contributed by atoms with Gasteiger partial charge in [0.1, 0.15) is 10.3 Å². The molecule has 0 aliphatic heterocycles. The Kier molecular flexibility index (Phi) is 6.27. The standard InChI is InChI=1S/C17H19N5O4S2/c1-12(17(23)26-2)27-16-9-8-14-19-20-15(22(14)21-16)10-11-18-28(24,25)13-6-4-3-5-7-13/h3-9,12,18H,10-11H2,1-2H3/t12-/m0/s1. The lowest BCUT2D eigenvalue weighted by atomic mass is 10.4. The van der Waals surface area contributed by atoms with Crippen molar-refractivity contribution in [1.82, 2.24) is 24.5 Å². The highest BCUT2D eigenvalue weighted by Crippen LogP contribution is 2.22. The molecule has 0 aliphatic carbocycles. The number of hydrogen-bond donors (Lipinski definition) is 1. The first-order valence-corrected chi connectivity index (χ1v) is 10.8. The maximum atomic E-state index is 12.3. The molecule has 1 N–H and O–H groups in total. The molecule has 3 aromatic rings. The number of thioether (sulfide) groups is 1. The summed E-state index contributed by atoms with van der Waals surface area (Å²) < 4.78 is 33.4. The van der Waals surface area contributed by atoms with Gasteiger partial charge in [0.2, 0.25) is 10.0 Å². The van der Waals surface area contributed by atoms with Gasteiger partial charge < -0.3 is 4.74 Å². The summed E-state index contributed by atoms with van der Waals surface area (Å²) in [5.74, 6) is 0.171. The number of nitrogens with one attached hydrogen (secondary N) is 1. The topological polar surface area (TPSA) is 116 Å². The average Bonchev–Trinajstić information content (AvgIpc) is 3.10. The summed E-state index contributed by atoms with van der Waals surface area (Å²) in [6.45, 7) is 1.88. The van der Waals surface area contributed by atoms with Gasteiger partial charge in [0.25, 0.3) is 0 Å². The number of hydrogen-bond acceptors (Lipinski definition) is 8. The Hall–Kier alpha value is -2.50. The van der Waals surface area contributed by atoms with Gasteiger partial charge >= 0.3 is 5.97 Å². The molecular weight excluding hydrogens is 402 g/mol. The first kappa shape index (κ1) is 20.2. The minimum absolute atomic E-state index is 0.148. The van der Waals surface area contributed by atoms with Crippen LogP contribution < -0.4 is 4.72 Å². The van der Waals surface area contributed by atoms with Gasteiger partial charge in [-0.25, -0.2) is 13.1 Å². The zero-order valence-electron chi connectivity index (χ0n) is 15.3. The number of methoxy groups -OCH3 is 1. The summed E-state index contributed by atoms with van der Waals surface area (Å²) in [4.78, 5) is 11.8. The van der Waals surface area contributed by atoms with E-state index in [1.807, 2.05) is 0 Å². The first-order chi connectivity index (χ1) is 13.4. The Morgan fingerprint density at radius 3 is 2.68 bits per heavy atom. The third-order valence-corrected chi connectivity index (χ3v) is 6.31. The normalized spacial score (nSPS) is 12.8. The number of rotatable bonds is 8. The highest BCUT2D eigenvalue weighted by atomic mass is 32.2. The van der Waals surface area contributed by atoms with E-state index in [1.165, 1.54) is 31.0 Å². The van der Waals surface area contributed by atoms with Crippen molar-refractivity contribution in [1.29, 1.82) is 0 Å². The molecule has 9 nitrogen and oxygen atoms in total. The van der Waals surface area contributed by atoms with Gasteiger partial charge in [0.15, 0.2) is 11.5 Å². The number of ether oxygens (including phenoxy) is 1. The van der Waals surface area contributed by atoms with Gasteiger partial charge in [-0.1, -0.05) is 30.0 Å². The van der Waals surface area contributed by atoms with Crippen molar-refractivity contribution < 1.29 is 17.9 Å². The molecular formula is C17H19N5O4S2. The summed E-state index contributed by atoms with van der Waals surface area (Å²) in [5.41, 5.74) is 0.538. The fraction of sp³-hybridized carbons (Fsp3) is 0.294. The van der Waals surface area contributed by atoms with E-state index in [-0.39, 0.29) is 17.4 Å². The number of carbonyl (C=O) groups excluding carboxylic acids is 1. The minimum Gasteiger partial charge on any atom is -0.468 e. The average molecular weight is 422 g/mol. The van der Waals surface area contributed by atoms with Gasteiger partial charge in [-0.05, 0) is 31.2 Å². The molecule has 0 aliphatic rings. The number of aromatic nitrogens is 4. The first-order valence-electron chi connectivity index (χ1n) is 8.41. The quantitative estimate of drug-likeness (QED) is 0.427. The Balaban J connectivity index is 1.70. The maximum Gasteiger partial charge on any atom is 0.318 e. The highest BCUT2D eigenvalue weighted by Gasteiger charge is 2.17. The predicted molar refractivity (Wildman–Crippen MR) is 103 cm³/mol. The maximum absolute atomic E-state index is 12.3. The van der Waals surface area contributed by atoms with Crippen LogP contribution in [0.4, 0.5) is 0 Å². The SMILES string of the molecule is COC(=O)[C@H](C)Sc1ccc2nnc(CCNS(=O)(=O)c3ccccc3)n2n1. The van der Waals surface area contributed by atoms with Crippen LogP contribution in [0.2, 0.25) is 0 Å². The summed E-state index contributed by atoms with van der Waals surface area (Å²) in [6.07, 6.45) is 0.306. The molecule has 0 bridgehead atoms. The van der Waals surface area contributed by atoms with Gasteiger partial charge in [0, 0.05) is 13.0 Å². The molecule has 11 heteroatoms. The van der Waals surface area contributed by atoms with Crippen molar-refractivity contribution >= 4 is 33.4 Å². The summed E-state index contributed by atoms with van der Waals surface area (Å²) in [5, 5.41) is 12.7. The molecule has 28 heavy (non-hydrogen) atoms. The third-order valence-electron chi connectivity index (χ3n) is 3.83. The van der Waals surface area contributed by atoms with Crippen molar-refractivity contribution in [3.8, 4) is 0 Å².